The number of hydrogen-bond acceptors (Lipinski definition) is 4. The van der Waals surface area contributed by atoms with Crippen LogP contribution in [0.1, 0.15) is 12.8 Å². The predicted octanol–water partition coefficient (Wildman–Crippen LogP) is 3.28. The summed E-state index contributed by atoms with van der Waals surface area (Å²) < 4.78 is 19.2. The minimum atomic E-state index is -0.664. The number of furan rings is 1. The van der Waals surface area contributed by atoms with Gasteiger partial charge >= 0.3 is 0 Å². The molecule has 3 rings (SSSR count). The highest BCUT2D eigenvalue weighted by Crippen LogP contribution is 2.48. The van der Waals surface area contributed by atoms with Crippen LogP contribution in [-0.4, -0.2) is 22.7 Å². The zero-order chi connectivity index (χ0) is 15.1. The Kier molecular flexibility index (Phi) is 3.25. The van der Waals surface area contributed by atoms with Crippen molar-refractivity contribution >= 4 is 23.4 Å². The van der Waals surface area contributed by atoms with Gasteiger partial charge in [-0.15, -0.1) is 0 Å². The monoisotopic (exact) mass is 311 g/mol. The molecule has 0 atom stereocenters. The quantitative estimate of drug-likeness (QED) is 0.892. The fraction of sp³-hybridized carbons (Fsp3) is 0.214. The van der Waals surface area contributed by atoms with Crippen LogP contribution in [0.3, 0.4) is 0 Å². The highest BCUT2D eigenvalue weighted by Gasteiger charge is 2.32. The molecular formula is C14H11ClFNO4. The van der Waals surface area contributed by atoms with Gasteiger partial charge in [0.25, 0.3) is 0 Å². The van der Waals surface area contributed by atoms with Crippen LogP contribution in [0.4, 0.5) is 10.3 Å². The Labute approximate surface area is 124 Å². The molecule has 21 heavy (non-hydrogen) atoms. The maximum Gasteiger partial charge on any atom is 0.249 e. The Morgan fingerprint density at radius 2 is 2.05 bits per heavy atom. The smallest absolute Gasteiger partial charge is 0.249 e. The molecule has 0 spiro atoms. The third-order valence-corrected chi connectivity index (χ3v) is 3.57. The van der Waals surface area contributed by atoms with Crippen molar-refractivity contribution in [1.29, 1.82) is 0 Å². The van der Waals surface area contributed by atoms with Crippen molar-refractivity contribution in [2.45, 2.75) is 12.8 Å². The average Bonchev–Trinajstić information content (AvgIpc) is 2.99. The van der Waals surface area contributed by atoms with Gasteiger partial charge in [-0.25, -0.2) is 4.39 Å². The number of anilines is 1. The summed E-state index contributed by atoms with van der Waals surface area (Å²) in [5.74, 6) is -2.53. The molecule has 2 aromatic rings. The Morgan fingerprint density at radius 3 is 2.71 bits per heavy atom. The van der Waals surface area contributed by atoms with E-state index in [1.807, 2.05) is 0 Å². The second-order valence-electron chi connectivity index (χ2n) is 4.71. The van der Waals surface area contributed by atoms with Crippen molar-refractivity contribution in [3.63, 3.8) is 0 Å². The molecule has 1 aliphatic heterocycles. The van der Waals surface area contributed by atoms with Gasteiger partial charge in [-0.05, 0) is 24.6 Å². The topological polar surface area (TPSA) is 73.9 Å². The zero-order valence-corrected chi connectivity index (χ0v) is 11.5. The van der Waals surface area contributed by atoms with Crippen LogP contribution >= 0.6 is 11.6 Å². The first-order chi connectivity index (χ1) is 9.99. The van der Waals surface area contributed by atoms with E-state index in [-0.39, 0.29) is 28.1 Å². The summed E-state index contributed by atoms with van der Waals surface area (Å²) in [4.78, 5) is 12.9. The number of halogens is 2. The number of rotatable bonds is 2. The molecule has 7 heteroatoms. The first-order valence-corrected chi connectivity index (χ1v) is 6.67. The van der Waals surface area contributed by atoms with E-state index in [0.717, 1.165) is 6.07 Å². The number of hydrogen-bond donors (Lipinski definition) is 2. The Bertz CT molecular complexity index is 728. The summed E-state index contributed by atoms with van der Waals surface area (Å²) in [6, 6.07) is 3.74. The molecule has 0 aliphatic carbocycles. The summed E-state index contributed by atoms with van der Waals surface area (Å²) in [5.41, 5.74) is -0.0896. The number of nitrogens with zero attached hydrogens (tertiary/aromatic N) is 1. The second kappa shape index (κ2) is 4.96. The van der Waals surface area contributed by atoms with Crippen molar-refractivity contribution < 1.29 is 23.8 Å². The summed E-state index contributed by atoms with van der Waals surface area (Å²) in [6.45, 7) is 0.372. The molecule has 5 nitrogen and oxygen atoms in total. The van der Waals surface area contributed by atoms with Gasteiger partial charge in [0.15, 0.2) is 5.76 Å². The average molecular weight is 312 g/mol. The van der Waals surface area contributed by atoms with Crippen LogP contribution in [0.25, 0.3) is 11.3 Å². The predicted molar refractivity (Wildman–Crippen MR) is 74.0 cm³/mol. The molecule has 1 fully saturated rings. The Morgan fingerprint density at radius 1 is 1.29 bits per heavy atom. The SMILES string of the molecule is O=C1CCCN1c1oc(-c2cc(Cl)ccc2F)c(O)c1O. The largest absolute Gasteiger partial charge is 0.502 e. The van der Waals surface area contributed by atoms with Crippen LogP contribution in [0.15, 0.2) is 22.6 Å². The van der Waals surface area contributed by atoms with Crippen molar-refractivity contribution in [1.82, 2.24) is 0 Å². The van der Waals surface area contributed by atoms with Gasteiger partial charge in [0.2, 0.25) is 23.3 Å². The van der Waals surface area contributed by atoms with Crippen LogP contribution in [0, 0.1) is 5.82 Å². The maximum absolute atomic E-state index is 13.8. The molecule has 2 heterocycles. The molecule has 1 aromatic heterocycles. The van der Waals surface area contributed by atoms with E-state index in [0.29, 0.717) is 19.4 Å². The van der Waals surface area contributed by atoms with Gasteiger partial charge in [0, 0.05) is 18.0 Å². The minimum Gasteiger partial charge on any atom is -0.502 e. The lowest BCUT2D eigenvalue weighted by atomic mass is 10.1. The van der Waals surface area contributed by atoms with Crippen molar-refractivity contribution in [3.8, 4) is 22.8 Å². The number of carbonyl (C=O) groups excluding carboxylic acids is 1. The molecule has 0 bridgehead atoms. The van der Waals surface area contributed by atoms with Gasteiger partial charge in [0.1, 0.15) is 5.82 Å². The van der Waals surface area contributed by atoms with E-state index in [2.05, 4.69) is 0 Å². The summed E-state index contributed by atoms with van der Waals surface area (Å²) >= 11 is 5.80. The van der Waals surface area contributed by atoms with E-state index < -0.39 is 17.3 Å². The summed E-state index contributed by atoms with van der Waals surface area (Å²) in [6.07, 6.45) is 0.961. The van der Waals surface area contributed by atoms with Crippen LogP contribution in [0.5, 0.6) is 11.5 Å². The summed E-state index contributed by atoms with van der Waals surface area (Å²) in [5, 5.41) is 20.1. The molecule has 0 unspecified atom stereocenters. The maximum atomic E-state index is 13.8. The Balaban J connectivity index is 2.12. The molecule has 2 N–H and O–H groups in total. The molecule has 1 amide bonds. The van der Waals surface area contributed by atoms with E-state index >= 15 is 0 Å². The molecular weight excluding hydrogens is 301 g/mol. The second-order valence-corrected chi connectivity index (χ2v) is 5.14. The van der Waals surface area contributed by atoms with E-state index in [9.17, 15) is 19.4 Å². The first kappa shape index (κ1) is 13.8. The highest BCUT2D eigenvalue weighted by molar-refractivity contribution is 6.30. The van der Waals surface area contributed by atoms with E-state index in [4.69, 9.17) is 16.0 Å². The lowest BCUT2D eigenvalue weighted by Crippen LogP contribution is -2.23. The number of carbonyl (C=O) groups is 1. The van der Waals surface area contributed by atoms with Crippen molar-refractivity contribution in [3.05, 3.63) is 29.0 Å². The third kappa shape index (κ3) is 2.21. The van der Waals surface area contributed by atoms with Crippen molar-refractivity contribution in [2.24, 2.45) is 0 Å². The van der Waals surface area contributed by atoms with Gasteiger partial charge in [-0.2, -0.15) is 0 Å². The lowest BCUT2D eigenvalue weighted by Gasteiger charge is -2.11. The Hall–Kier alpha value is -2.21. The van der Waals surface area contributed by atoms with E-state index in [1.165, 1.54) is 17.0 Å². The fourth-order valence-electron chi connectivity index (χ4n) is 2.30. The van der Waals surface area contributed by atoms with Gasteiger partial charge in [-0.1, -0.05) is 11.6 Å². The molecule has 1 aromatic carbocycles. The molecule has 0 radical (unpaired) electrons. The standard InChI is InChI=1S/C14H11ClFNO4/c15-7-3-4-9(16)8(6-7)13-11(19)12(20)14(21-13)17-5-1-2-10(17)18/h3-4,6,19-20H,1-2,5H2. The summed E-state index contributed by atoms with van der Waals surface area (Å²) in [7, 11) is 0. The minimum absolute atomic E-state index is 0.0896. The normalized spacial score (nSPS) is 15.0. The first-order valence-electron chi connectivity index (χ1n) is 6.29. The number of benzene rings is 1. The number of amides is 1. The van der Waals surface area contributed by atoms with Crippen LogP contribution < -0.4 is 4.90 Å². The third-order valence-electron chi connectivity index (χ3n) is 3.33. The van der Waals surface area contributed by atoms with Gasteiger partial charge in [-0.3, -0.25) is 9.69 Å². The van der Waals surface area contributed by atoms with E-state index in [1.54, 1.807) is 0 Å². The van der Waals surface area contributed by atoms with Crippen molar-refractivity contribution in [2.75, 3.05) is 11.4 Å². The van der Waals surface area contributed by atoms with Gasteiger partial charge in [0.05, 0.1) is 5.56 Å². The number of aromatic hydroxyl groups is 2. The van der Waals surface area contributed by atoms with Crippen LogP contribution in [-0.2, 0) is 4.79 Å². The molecule has 1 aliphatic rings. The molecule has 110 valence electrons. The zero-order valence-electron chi connectivity index (χ0n) is 10.8. The molecule has 0 saturated carbocycles. The van der Waals surface area contributed by atoms with Crippen LogP contribution in [0.2, 0.25) is 5.02 Å². The molecule has 1 saturated heterocycles. The van der Waals surface area contributed by atoms with Gasteiger partial charge < -0.3 is 14.6 Å². The lowest BCUT2D eigenvalue weighted by molar-refractivity contribution is -0.117. The fourth-order valence-corrected chi connectivity index (χ4v) is 2.47. The highest BCUT2D eigenvalue weighted by atomic mass is 35.5.